The molecule has 3 N–H and O–H groups in total. The summed E-state index contributed by atoms with van der Waals surface area (Å²) in [6.07, 6.45) is -3.79. The smallest absolute Gasteiger partial charge is 0.348 e. The van der Waals surface area contributed by atoms with E-state index in [1.807, 2.05) is 24.3 Å². The Balaban J connectivity index is 1.37. The lowest BCUT2D eigenvalue weighted by Gasteiger charge is -2.13. The molecule has 0 radical (unpaired) electrons. The van der Waals surface area contributed by atoms with Crippen molar-refractivity contribution in [1.29, 1.82) is 0 Å². The maximum Gasteiger partial charge on any atom is 0.416 e. The SMILES string of the molecule is O=C(NCc1cccc(Cl)c1)c1ccc(C2CC(c3cccc(C(F)(F)F)c3)NN2)cc1. The van der Waals surface area contributed by atoms with E-state index in [-0.39, 0.29) is 18.0 Å². The zero-order chi connectivity index (χ0) is 22.7. The number of alkyl halides is 3. The zero-order valence-corrected chi connectivity index (χ0v) is 17.7. The van der Waals surface area contributed by atoms with Crippen molar-refractivity contribution in [2.24, 2.45) is 0 Å². The van der Waals surface area contributed by atoms with Gasteiger partial charge in [-0.2, -0.15) is 13.2 Å². The van der Waals surface area contributed by atoms with Crippen LogP contribution in [0.4, 0.5) is 13.2 Å². The summed E-state index contributed by atoms with van der Waals surface area (Å²) in [4.78, 5) is 12.4. The van der Waals surface area contributed by atoms with Gasteiger partial charge in [0.25, 0.3) is 5.91 Å². The Morgan fingerprint density at radius 2 is 1.62 bits per heavy atom. The van der Waals surface area contributed by atoms with Crippen molar-refractivity contribution in [3.8, 4) is 0 Å². The maximum absolute atomic E-state index is 13.0. The van der Waals surface area contributed by atoms with Gasteiger partial charge in [-0.3, -0.25) is 4.79 Å². The van der Waals surface area contributed by atoms with Crippen molar-refractivity contribution in [3.63, 3.8) is 0 Å². The third-order valence-corrected chi connectivity index (χ3v) is 5.67. The molecule has 0 aromatic heterocycles. The van der Waals surface area contributed by atoms with Crippen LogP contribution in [0.25, 0.3) is 0 Å². The third kappa shape index (κ3) is 5.30. The summed E-state index contributed by atoms with van der Waals surface area (Å²) in [6, 6.07) is 19.5. The van der Waals surface area contributed by atoms with Gasteiger partial charge in [-0.05, 0) is 59.5 Å². The molecule has 3 aromatic carbocycles. The molecule has 1 amide bonds. The van der Waals surface area contributed by atoms with Gasteiger partial charge in [0, 0.05) is 29.2 Å². The predicted octanol–water partition coefficient (Wildman–Crippen LogP) is 5.57. The Bertz CT molecular complexity index is 1100. The number of nitrogens with one attached hydrogen (secondary N) is 3. The van der Waals surface area contributed by atoms with Crippen molar-refractivity contribution in [3.05, 3.63) is 106 Å². The molecule has 1 fully saturated rings. The lowest BCUT2D eigenvalue weighted by Crippen LogP contribution is -2.27. The van der Waals surface area contributed by atoms with Crippen LogP contribution in [-0.2, 0) is 12.7 Å². The van der Waals surface area contributed by atoms with Crippen LogP contribution in [0.2, 0.25) is 5.02 Å². The topological polar surface area (TPSA) is 53.2 Å². The largest absolute Gasteiger partial charge is 0.416 e. The van der Waals surface area contributed by atoms with Gasteiger partial charge in [0.05, 0.1) is 5.56 Å². The highest BCUT2D eigenvalue weighted by Gasteiger charge is 2.32. The lowest BCUT2D eigenvalue weighted by atomic mass is 9.96. The summed E-state index contributed by atoms with van der Waals surface area (Å²) in [5.41, 5.74) is 8.50. The highest BCUT2D eigenvalue weighted by Crippen LogP contribution is 2.34. The van der Waals surface area contributed by atoms with Crippen LogP contribution >= 0.6 is 11.6 Å². The average molecular weight is 460 g/mol. The van der Waals surface area contributed by atoms with Gasteiger partial charge in [-0.15, -0.1) is 0 Å². The van der Waals surface area contributed by atoms with E-state index in [1.165, 1.54) is 12.1 Å². The minimum Gasteiger partial charge on any atom is -0.348 e. The lowest BCUT2D eigenvalue weighted by molar-refractivity contribution is -0.137. The molecular formula is C24H21ClF3N3O. The van der Waals surface area contributed by atoms with Gasteiger partial charge in [0.15, 0.2) is 0 Å². The monoisotopic (exact) mass is 459 g/mol. The predicted molar refractivity (Wildman–Crippen MR) is 117 cm³/mol. The van der Waals surface area contributed by atoms with Gasteiger partial charge in [-0.25, -0.2) is 10.9 Å². The van der Waals surface area contributed by atoms with E-state index in [2.05, 4.69) is 16.2 Å². The Morgan fingerprint density at radius 1 is 0.938 bits per heavy atom. The molecule has 4 nitrogen and oxygen atoms in total. The minimum absolute atomic E-state index is 0.0851. The number of hydrogen-bond acceptors (Lipinski definition) is 3. The first-order valence-electron chi connectivity index (χ1n) is 10.1. The van der Waals surface area contributed by atoms with Crippen LogP contribution in [0.15, 0.2) is 72.8 Å². The number of amides is 1. The first kappa shape index (κ1) is 22.3. The minimum atomic E-state index is -4.37. The molecule has 0 saturated carbocycles. The fourth-order valence-electron chi connectivity index (χ4n) is 3.72. The fourth-order valence-corrected chi connectivity index (χ4v) is 3.94. The number of carbonyl (C=O) groups is 1. The number of benzene rings is 3. The molecule has 32 heavy (non-hydrogen) atoms. The standard InChI is InChI=1S/C24H21ClF3N3O/c25-20-6-1-3-15(11-20)14-29-23(32)17-9-7-16(8-10-17)21-13-22(31-30-21)18-4-2-5-19(12-18)24(26,27)28/h1-12,21-22,30-31H,13-14H2,(H,29,32). The molecule has 8 heteroatoms. The van der Waals surface area contributed by atoms with Gasteiger partial charge in [0.1, 0.15) is 0 Å². The molecule has 2 unspecified atom stereocenters. The number of hydrazine groups is 1. The number of rotatable bonds is 5. The number of halogens is 4. The molecular weight excluding hydrogens is 439 g/mol. The summed E-state index contributed by atoms with van der Waals surface area (Å²) in [5.74, 6) is -0.198. The molecule has 0 aliphatic carbocycles. The highest BCUT2D eigenvalue weighted by molar-refractivity contribution is 6.30. The van der Waals surface area contributed by atoms with Gasteiger partial charge in [-0.1, -0.05) is 48.0 Å². The molecule has 3 aromatic rings. The van der Waals surface area contributed by atoms with E-state index >= 15 is 0 Å². The van der Waals surface area contributed by atoms with E-state index in [0.717, 1.165) is 17.2 Å². The third-order valence-electron chi connectivity index (χ3n) is 5.44. The highest BCUT2D eigenvalue weighted by atomic mass is 35.5. The molecule has 1 saturated heterocycles. The van der Waals surface area contributed by atoms with Gasteiger partial charge in [0.2, 0.25) is 0 Å². The Hall–Kier alpha value is -2.87. The molecule has 0 spiro atoms. The first-order chi connectivity index (χ1) is 15.3. The van der Waals surface area contributed by atoms with E-state index < -0.39 is 11.7 Å². The normalized spacial score (nSPS) is 18.5. The summed E-state index contributed by atoms with van der Waals surface area (Å²) in [5, 5.41) is 3.47. The maximum atomic E-state index is 13.0. The second kappa shape index (κ2) is 9.32. The van der Waals surface area contributed by atoms with Crippen LogP contribution in [-0.4, -0.2) is 5.91 Å². The van der Waals surface area contributed by atoms with E-state index in [1.54, 1.807) is 30.3 Å². The van der Waals surface area contributed by atoms with E-state index in [9.17, 15) is 18.0 Å². The summed E-state index contributed by atoms with van der Waals surface area (Å²) < 4.78 is 39.0. The Labute approximate surface area is 188 Å². The van der Waals surface area contributed by atoms with Crippen LogP contribution < -0.4 is 16.2 Å². The van der Waals surface area contributed by atoms with Gasteiger partial charge >= 0.3 is 6.18 Å². The molecule has 0 bridgehead atoms. The van der Waals surface area contributed by atoms with E-state index in [0.29, 0.717) is 29.1 Å². The molecule has 2 atom stereocenters. The molecule has 166 valence electrons. The molecule has 1 heterocycles. The number of carbonyl (C=O) groups excluding carboxylic acids is 1. The van der Waals surface area contributed by atoms with Gasteiger partial charge < -0.3 is 5.32 Å². The molecule has 1 aliphatic heterocycles. The summed E-state index contributed by atoms with van der Waals surface area (Å²) in [7, 11) is 0. The molecule has 4 rings (SSSR count). The van der Waals surface area contributed by atoms with Crippen molar-refractivity contribution in [1.82, 2.24) is 16.2 Å². The van der Waals surface area contributed by atoms with Crippen LogP contribution in [0.3, 0.4) is 0 Å². The van der Waals surface area contributed by atoms with E-state index in [4.69, 9.17) is 11.6 Å². The zero-order valence-electron chi connectivity index (χ0n) is 16.9. The first-order valence-corrected chi connectivity index (χ1v) is 10.5. The fraction of sp³-hybridized carbons (Fsp3) is 0.208. The Kier molecular flexibility index (Phi) is 6.50. The van der Waals surface area contributed by atoms with Crippen molar-refractivity contribution >= 4 is 17.5 Å². The van der Waals surface area contributed by atoms with Crippen LogP contribution in [0.5, 0.6) is 0 Å². The summed E-state index contributed by atoms with van der Waals surface area (Å²) in [6.45, 7) is 0.369. The van der Waals surface area contributed by atoms with Crippen LogP contribution in [0.1, 0.15) is 51.1 Å². The van der Waals surface area contributed by atoms with Crippen molar-refractivity contribution < 1.29 is 18.0 Å². The van der Waals surface area contributed by atoms with Crippen molar-refractivity contribution in [2.45, 2.75) is 31.2 Å². The van der Waals surface area contributed by atoms with Crippen molar-refractivity contribution in [2.75, 3.05) is 0 Å². The molecule has 1 aliphatic rings. The second-order valence-electron chi connectivity index (χ2n) is 7.69. The quantitative estimate of drug-likeness (QED) is 0.467. The number of hydrogen-bond donors (Lipinski definition) is 3. The average Bonchev–Trinajstić information content (AvgIpc) is 3.28. The Morgan fingerprint density at radius 3 is 2.31 bits per heavy atom. The summed E-state index contributed by atoms with van der Waals surface area (Å²) >= 11 is 5.96. The van der Waals surface area contributed by atoms with Crippen LogP contribution in [0, 0.1) is 0 Å². The second-order valence-corrected chi connectivity index (χ2v) is 8.12.